The number of hydrogen-bond acceptors (Lipinski definition) is 8. The lowest BCUT2D eigenvalue weighted by molar-refractivity contribution is -0.139. The van der Waals surface area contributed by atoms with Gasteiger partial charge in [0.05, 0.1) is 18.9 Å². The minimum absolute atomic E-state index is 0.146. The second kappa shape index (κ2) is 8.91. The van der Waals surface area contributed by atoms with E-state index in [0.717, 1.165) is 13.0 Å². The molecule has 1 aromatic carbocycles. The van der Waals surface area contributed by atoms with Crippen molar-refractivity contribution in [2.45, 2.75) is 38.1 Å². The molecule has 14 heteroatoms. The molecule has 2 atom stereocenters. The van der Waals surface area contributed by atoms with Crippen molar-refractivity contribution in [2.24, 2.45) is 0 Å². The fraction of sp³-hybridized carbons (Fsp3) is 0.381. The van der Waals surface area contributed by atoms with Crippen molar-refractivity contribution in [3.63, 3.8) is 0 Å². The molecule has 1 aliphatic heterocycles. The molecule has 4 rings (SSSR count). The van der Waals surface area contributed by atoms with Crippen molar-refractivity contribution in [1.29, 1.82) is 0 Å². The molecule has 1 aliphatic rings. The molecular weight excluding hydrogens is 482 g/mol. The highest BCUT2D eigenvalue weighted by atomic mass is 19.4. The lowest BCUT2D eigenvalue weighted by Crippen LogP contribution is -2.45. The van der Waals surface area contributed by atoms with Crippen LogP contribution in [-0.2, 0) is 6.18 Å². The Bertz CT molecular complexity index is 1300. The van der Waals surface area contributed by atoms with Crippen LogP contribution in [0.15, 0.2) is 6.07 Å². The number of alkyl halides is 3. The van der Waals surface area contributed by atoms with Gasteiger partial charge in [-0.3, -0.25) is 0 Å². The van der Waals surface area contributed by atoms with E-state index in [1.165, 1.54) is 7.11 Å². The van der Waals surface area contributed by atoms with Gasteiger partial charge in [-0.25, -0.2) is 18.2 Å². The molecule has 0 radical (unpaired) electrons. The fourth-order valence-corrected chi connectivity index (χ4v) is 3.80. The van der Waals surface area contributed by atoms with Crippen molar-refractivity contribution in [3.05, 3.63) is 29.1 Å². The number of hydrogen-bond donors (Lipinski definition) is 3. The number of methoxy groups -OCH3 is 1. The second-order valence-electron chi connectivity index (χ2n) is 8.02. The van der Waals surface area contributed by atoms with Crippen molar-refractivity contribution in [3.8, 4) is 23.1 Å². The Labute approximate surface area is 194 Å². The van der Waals surface area contributed by atoms with E-state index in [2.05, 4.69) is 20.3 Å². The van der Waals surface area contributed by atoms with Crippen LogP contribution in [0, 0.1) is 17.5 Å². The van der Waals surface area contributed by atoms with Crippen molar-refractivity contribution < 1.29 is 35.8 Å². The number of nitrogen functional groups attached to an aromatic ring is 2. The lowest BCUT2D eigenvalue weighted by atomic mass is 9.99. The largest absolute Gasteiger partial charge is 0.474 e. The summed E-state index contributed by atoms with van der Waals surface area (Å²) in [5, 5.41) is 2.95. The van der Waals surface area contributed by atoms with Crippen molar-refractivity contribution in [1.82, 2.24) is 20.3 Å². The molecule has 2 aromatic heterocycles. The van der Waals surface area contributed by atoms with Crippen LogP contribution >= 0.6 is 0 Å². The normalized spacial score (nSPS) is 16.7. The molecule has 0 spiro atoms. The average molecular weight is 502 g/mol. The number of nitrogens with two attached hydrogens (primary N) is 2. The predicted octanol–water partition coefficient (Wildman–Crippen LogP) is 3.82. The quantitative estimate of drug-likeness (QED) is 0.344. The van der Waals surface area contributed by atoms with Gasteiger partial charge >= 0.3 is 12.2 Å². The maximum atomic E-state index is 15.6. The highest BCUT2D eigenvalue weighted by Gasteiger charge is 2.41. The summed E-state index contributed by atoms with van der Waals surface area (Å²) in [4.78, 5) is 11.6. The highest BCUT2D eigenvalue weighted by molar-refractivity contribution is 5.95. The number of halogens is 6. The summed E-state index contributed by atoms with van der Waals surface area (Å²) in [6.45, 7) is 2.51. The van der Waals surface area contributed by atoms with E-state index in [4.69, 9.17) is 20.9 Å². The van der Waals surface area contributed by atoms with Gasteiger partial charge in [0.1, 0.15) is 28.0 Å². The van der Waals surface area contributed by atoms with Crippen LogP contribution in [-0.4, -0.2) is 40.8 Å². The van der Waals surface area contributed by atoms with E-state index in [1.54, 1.807) is 6.92 Å². The Hall–Kier alpha value is -3.55. The van der Waals surface area contributed by atoms with Gasteiger partial charge in [0.2, 0.25) is 5.88 Å². The smallest absolute Gasteiger partial charge is 0.419 e. The average Bonchev–Trinajstić information content (AvgIpc) is 2.75. The number of aromatic nitrogens is 3. The first kappa shape index (κ1) is 24.6. The summed E-state index contributed by atoms with van der Waals surface area (Å²) in [6, 6.07) is 0.212. The monoisotopic (exact) mass is 502 g/mol. The van der Waals surface area contributed by atoms with Crippen LogP contribution in [0.4, 0.5) is 37.8 Å². The third-order valence-electron chi connectivity index (χ3n) is 5.57. The van der Waals surface area contributed by atoms with Gasteiger partial charge in [0.15, 0.2) is 17.5 Å². The SMILES string of the molecule is COc1nc(N)c2c(OC(C)CC3CCN3)nc(-c3cc(N)c(F)c(F)c3C(F)(F)F)c(F)c2n1. The molecule has 3 heterocycles. The number of benzene rings is 1. The summed E-state index contributed by atoms with van der Waals surface area (Å²) in [5.41, 5.74) is 5.51. The number of pyridine rings is 1. The molecule has 0 saturated carbocycles. The number of anilines is 2. The zero-order valence-electron chi connectivity index (χ0n) is 18.4. The molecule has 0 aliphatic carbocycles. The molecule has 1 fully saturated rings. The van der Waals surface area contributed by atoms with E-state index in [1.807, 2.05) is 0 Å². The number of nitrogens with one attached hydrogen (secondary N) is 1. The Morgan fingerprint density at radius 3 is 2.37 bits per heavy atom. The Morgan fingerprint density at radius 1 is 1.11 bits per heavy atom. The van der Waals surface area contributed by atoms with E-state index < -0.39 is 57.8 Å². The molecule has 3 aromatic rings. The predicted molar refractivity (Wildman–Crippen MR) is 114 cm³/mol. The summed E-state index contributed by atoms with van der Waals surface area (Å²) in [7, 11) is 1.17. The fourth-order valence-electron chi connectivity index (χ4n) is 3.80. The molecule has 188 valence electrons. The molecule has 5 N–H and O–H groups in total. The molecule has 1 saturated heterocycles. The van der Waals surface area contributed by atoms with Gasteiger partial charge in [-0.1, -0.05) is 0 Å². The van der Waals surface area contributed by atoms with Crippen LogP contribution in [0.5, 0.6) is 11.9 Å². The van der Waals surface area contributed by atoms with Gasteiger partial charge in [0.25, 0.3) is 0 Å². The number of rotatable bonds is 6. The summed E-state index contributed by atoms with van der Waals surface area (Å²) >= 11 is 0. The molecular formula is C21H20F6N6O2. The van der Waals surface area contributed by atoms with Crippen LogP contribution in [0.1, 0.15) is 25.3 Å². The van der Waals surface area contributed by atoms with E-state index >= 15 is 4.39 Å². The zero-order valence-corrected chi connectivity index (χ0v) is 18.4. The first-order chi connectivity index (χ1) is 16.4. The minimum Gasteiger partial charge on any atom is -0.474 e. The minimum atomic E-state index is -5.41. The number of nitrogens with zero attached hydrogens (tertiary/aromatic N) is 3. The summed E-state index contributed by atoms with van der Waals surface area (Å²) < 4.78 is 95.9. The Kier molecular flexibility index (Phi) is 6.25. The van der Waals surface area contributed by atoms with Crippen molar-refractivity contribution >= 4 is 22.4 Å². The Morgan fingerprint density at radius 2 is 1.80 bits per heavy atom. The van der Waals surface area contributed by atoms with Gasteiger partial charge in [-0.05, 0) is 32.4 Å². The Balaban J connectivity index is 2.00. The van der Waals surface area contributed by atoms with Crippen LogP contribution in [0.3, 0.4) is 0 Å². The standard InChI is InChI=1S/C21H20F6N6O2/c1-7(5-8-3-4-30-8)35-19-11-17(32-20(34-2)33-18(11)29)15(24)16(31-19)9-6-10(28)13(22)14(23)12(9)21(25,26)27/h6-8,30H,3-5,28H2,1-2H3,(H2,29,32,33). The molecule has 35 heavy (non-hydrogen) atoms. The second-order valence-corrected chi connectivity index (χ2v) is 8.02. The lowest BCUT2D eigenvalue weighted by Gasteiger charge is -2.30. The van der Waals surface area contributed by atoms with Crippen molar-refractivity contribution in [2.75, 3.05) is 25.1 Å². The number of fused-ring (bicyclic) bond motifs is 1. The van der Waals surface area contributed by atoms with Gasteiger partial charge < -0.3 is 26.3 Å². The van der Waals surface area contributed by atoms with Gasteiger partial charge in [-0.2, -0.15) is 23.1 Å². The summed E-state index contributed by atoms with van der Waals surface area (Å²) in [5.74, 6) is -6.33. The zero-order chi connectivity index (χ0) is 25.7. The number of ether oxygens (including phenoxy) is 2. The highest BCUT2D eigenvalue weighted by Crippen LogP contribution is 2.44. The first-order valence-electron chi connectivity index (χ1n) is 10.4. The third kappa shape index (κ3) is 4.45. The molecule has 0 amide bonds. The van der Waals surface area contributed by atoms with Crippen LogP contribution < -0.4 is 26.3 Å². The maximum Gasteiger partial charge on any atom is 0.419 e. The van der Waals surface area contributed by atoms with Gasteiger partial charge in [0, 0.05) is 11.6 Å². The van der Waals surface area contributed by atoms with E-state index in [9.17, 15) is 22.0 Å². The van der Waals surface area contributed by atoms with Gasteiger partial charge in [-0.15, -0.1) is 0 Å². The van der Waals surface area contributed by atoms with E-state index in [-0.39, 0.29) is 29.1 Å². The molecule has 2 unspecified atom stereocenters. The molecule has 0 bridgehead atoms. The third-order valence-corrected chi connectivity index (χ3v) is 5.57. The van der Waals surface area contributed by atoms with Crippen LogP contribution in [0.2, 0.25) is 0 Å². The maximum absolute atomic E-state index is 15.6. The topological polar surface area (TPSA) is 121 Å². The van der Waals surface area contributed by atoms with Crippen LogP contribution in [0.25, 0.3) is 22.2 Å². The first-order valence-corrected chi connectivity index (χ1v) is 10.4. The molecule has 8 nitrogen and oxygen atoms in total. The van der Waals surface area contributed by atoms with E-state index in [0.29, 0.717) is 12.5 Å². The summed E-state index contributed by atoms with van der Waals surface area (Å²) in [6.07, 6.45) is -4.56.